The molecule has 2 heterocycles. The number of benzene rings is 2. The molecular weight excluding hydrogens is 376 g/mol. The van der Waals surface area contributed by atoms with Gasteiger partial charge in [-0.3, -0.25) is 4.99 Å². The van der Waals surface area contributed by atoms with Gasteiger partial charge in [0.15, 0.2) is 15.0 Å². The predicted molar refractivity (Wildman–Crippen MR) is 105 cm³/mol. The summed E-state index contributed by atoms with van der Waals surface area (Å²) < 4.78 is 24.1. The van der Waals surface area contributed by atoms with Gasteiger partial charge in [0.05, 0.1) is 23.6 Å². The Labute approximate surface area is 156 Å². The highest BCUT2D eigenvalue weighted by atomic mass is 35.5. The summed E-state index contributed by atoms with van der Waals surface area (Å²) in [5.41, 5.74) is 2.11. The third kappa shape index (κ3) is 3.57. The van der Waals surface area contributed by atoms with Gasteiger partial charge in [0.2, 0.25) is 0 Å². The summed E-state index contributed by atoms with van der Waals surface area (Å²) in [7, 11) is -3.04. The van der Waals surface area contributed by atoms with Gasteiger partial charge in [0.25, 0.3) is 0 Å². The van der Waals surface area contributed by atoms with Gasteiger partial charge in [0.1, 0.15) is 0 Å². The number of thioether (sulfide) groups is 1. The van der Waals surface area contributed by atoms with E-state index in [9.17, 15) is 8.42 Å². The van der Waals surface area contributed by atoms with Crippen LogP contribution in [-0.4, -0.2) is 37.2 Å². The lowest BCUT2D eigenvalue weighted by Crippen LogP contribution is -2.39. The highest BCUT2D eigenvalue weighted by molar-refractivity contribution is 8.13. The molecule has 2 aliphatic rings. The zero-order valence-electron chi connectivity index (χ0n) is 13.4. The van der Waals surface area contributed by atoms with E-state index in [0.717, 1.165) is 16.6 Å². The topological polar surface area (TPSA) is 49.7 Å². The van der Waals surface area contributed by atoms with Crippen molar-refractivity contribution in [2.75, 3.05) is 16.4 Å². The van der Waals surface area contributed by atoms with Crippen LogP contribution < -0.4 is 4.90 Å². The molecule has 1 saturated heterocycles. The van der Waals surface area contributed by atoms with Crippen molar-refractivity contribution in [2.45, 2.75) is 17.8 Å². The Bertz CT molecular complexity index is 916. The van der Waals surface area contributed by atoms with Crippen LogP contribution in [0.3, 0.4) is 0 Å². The van der Waals surface area contributed by atoms with Crippen LogP contribution in [0.1, 0.15) is 5.56 Å². The molecule has 0 spiro atoms. The average Bonchev–Trinajstić information content (AvgIpc) is 3.05. The molecule has 2 atom stereocenters. The minimum atomic E-state index is -3.04. The van der Waals surface area contributed by atoms with E-state index in [4.69, 9.17) is 16.6 Å². The maximum absolute atomic E-state index is 12.0. The predicted octanol–water partition coefficient (Wildman–Crippen LogP) is 3.62. The van der Waals surface area contributed by atoms with Gasteiger partial charge in [-0.2, -0.15) is 0 Å². The Morgan fingerprint density at radius 3 is 2.68 bits per heavy atom. The molecule has 0 amide bonds. The van der Waals surface area contributed by atoms with Gasteiger partial charge in [-0.05, 0) is 23.8 Å². The van der Waals surface area contributed by atoms with E-state index in [2.05, 4.69) is 17.0 Å². The smallest absolute Gasteiger partial charge is 0.164 e. The second kappa shape index (κ2) is 6.67. The number of aliphatic imine (C=N–C) groups is 1. The molecule has 25 heavy (non-hydrogen) atoms. The van der Waals surface area contributed by atoms with E-state index in [1.54, 1.807) is 11.8 Å². The summed E-state index contributed by atoms with van der Waals surface area (Å²) >= 11 is 7.79. The van der Waals surface area contributed by atoms with Gasteiger partial charge in [-0.1, -0.05) is 59.8 Å². The Morgan fingerprint density at radius 2 is 1.92 bits per heavy atom. The van der Waals surface area contributed by atoms with Crippen LogP contribution in [0.25, 0.3) is 0 Å². The van der Waals surface area contributed by atoms with E-state index >= 15 is 0 Å². The van der Waals surface area contributed by atoms with E-state index in [0.29, 0.717) is 5.02 Å². The summed E-state index contributed by atoms with van der Waals surface area (Å²) in [5, 5.41) is 1.50. The summed E-state index contributed by atoms with van der Waals surface area (Å²) in [6, 6.07) is 17.4. The molecule has 0 aliphatic carbocycles. The molecule has 0 radical (unpaired) electrons. The Kier molecular flexibility index (Phi) is 4.52. The van der Waals surface area contributed by atoms with E-state index in [1.807, 2.05) is 42.5 Å². The van der Waals surface area contributed by atoms with Crippen LogP contribution in [0.15, 0.2) is 59.6 Å². The molecule has 130 valence electrons. The van der Waals surface area contributed by atoms with Gasteiger partial charge < -0.3 is 4.90 Å². The second-order valence-corrected chi connectivity index (χ2v) is 9.78. The number of hydrogen-bond donors (Lipinski definition) is 0. The molecule has 2 aromatic carbocycles. The Balaban J connectivity index is 1.63. The minimum Gasteiger partial charge on any atom is -0.315 e. The lowest BCUT2D eigenvalue weighted by molar-refractivity contribution is 0.601. The zero-order valence-corrected chi connectivity index (χ0v) is 15.8. The largest absolute Gasteiger partial charge is 0.315 e. The number of amidine groups is 1. The van der Waals surface area contributed by atoms with Crippen LogP contribution in [-0.2, 0) is 15.6 Å². The van der Waals surface area contributed by atoms with E-state index in [1.165, 1.54) is 5.56 Å². The van der Waals surface area contributed by atoms with Crippen LogP contribution >= 0.6 is 23.4 Å². The van der Waals surface area contributed by atoms with Crippen LogP contribution in [0.4, 0.5) is 5.69 Å². The van der Waals surface area contributed by atoms with Crippen molar-refractivity contribution in [1.29, 1.82) is 0 Å². The molecular formula is C18H17ClN2O2S2. The van der Waals surface area contributed by atoms with Gasteiger partial charge >= 0.3 is 0 Å². The molecule has 0 aromatic heterocycles. The lowest BCUT2D eigenvalue weighted by Gasteiger charge is -2.26. The van der Waals surface area contributed by atoms with Gasteiger partial charge in [-0.15, -0.1) is 0 Å². The quantitative estimate of drug-likeness (QED) is 0.800. The maximum Gasteiger partial charge on any atom is 0.164 e. The Hall–Kier alpha value is -1.50. The standard InChI is InChI=1S/C18H17ClN2O2S2/c19-14-7-4-8-15(9-14)21-17-12-25(22,23)11-16(17)20-18(21)24-10-13-5-2-1-3-6-13/h1-9,16-17H,10-12H2/t16-,17-/m1/s1. The molecule has 1 fully saturated rings. The fraction of sp³-hybridized carbons (Fsp3) is 0.278. The van der Waals surface area contributed by atoms with Crippen molar-refractivity contribution in [3.8, 4) is 0 Å². The summed E-state index contributed by atoms with van der Waals surface area (Å²) in [4.78, 5) is 6.78. The number of rotatable bonds is 3. The third-order valence-corrected chi connectivity index (χ3v) is 7.38. The summed E-state index contributed by atoms with van der Waals surface area (Å²) in [6.45, 7) is 0. The van der Waals surface area contributed by atoms with Crippen molar-refractivity contribution in [3.05, 3.63) is 65.2 Å². The first-order valence-electron chi connectivity index (χ1n) is 8.02. The highest BCUT2D eigenvalue weighted by Gasteiger charge is 2.47. The SMILES string of the molecule is O=S1(=O)C[C@@H]2[C@@H](C1)N=C(SCc1ccccc1)N2c1cccc(Cl)c1. The van der Waals surface area contributed by atoms with Crippen LogP contribution in [0, 0.1) is 0 Å². The molecule has 7 heteroatoms. The number of sulfone groups is 1. The Morgan fingerprint density at radius 1 is 1.12 bits per heavy atom. The maximum atomic E-state index is 12.0. The number of halogens is 1. The zero-order chi connectivity index (χ0) is 17.4. The fourth-order valence-corrected chi connectivity index (χ4v) is 6.39. The molecule has 0 unspecified atom stereocenters. The third-order valence-electron chi connectivity index (χ3n) is 4.40. The van der Waals surface area contributed by atoms with Gasteiger partial charge in [0, 0.05) is 16.5 Å². The summed E-state index contributed by atoms with van der Waals surface area (Å²) in [6.07, 6.45) is 0. The molecule has 2 aliphatic heterocycles. The molecule has 0 saturated carbocycles. The second-order valence-electron chi connectivity index (χ2n) is 6.25. The van der Waals surface area contributed by atoms with Gasteiger partial charge in [-0.25, -0.2) is 8.42 Å². The first-order valence-corrected chi connectivity index (χ1v) is 11.2. The number of fused-ring (bicyclic) bond motifs is 1. The molecule has 0 bridgehead atoms. The van der Waals surface area contributed by atoms with Crippen LogP contribution in [0.5, 0.6) is 0 Å². The molecule has 4 nitrogen and oxygen atoms in total. The number of hydrogen-bond acceptors (Lipinski definition) is 5. The normalized spacial score (nSPS) is 24.2. The first-order chi connectivity index (χ1) is 12.0. The van der Waals surface area contributed by atoms with Crippen molar-refractivity contribution in [1.82, 2.24) is 0 Å². The van der Waals surface area contributed by atoms with Crippen molar-refractivity contribution in [3.63, 3.8) is 0 Å². The highest BCUT2D eigenvalue weighted by Crippen LogP contribution is 2.36. The molecule has 0 N–H and O–H groups in total. The average molecular weight is 393 g/mol. The fourth-order valence-electron chi connectivity index (χ4n) is 3.28. The first kappa shape index (κ1) is 16.9. The lowest BCUT2D eigenvalue weighted by atomic mass is 10.1. The van der Waals surface area contributed by atoms with Crippen molar-refractivity contribution in [2.24, 2.45) is 4.99 Å². The molecule has 4 rings (SSSR count). The monoisotopic (exact) mass is 392 g/mol. The minimum absolute atomic E-state index is 0.129. The number of nitrogens with zero attached hydrogens (tertiary/aromatic N) is 2. The molecule has 2 aromatic rings. The number of anilines is 1. The summed E-state index contributed by atoms with van der Waals surface area (Å²) in [5.74, 6) is 1.07. The van der Waals surface area contributed by atoms with E-state index < -0.39 is 9.84 Å². The van der Waals surface area contributed by atoms with Crippen LogP contribution in [0.2, 0.25) is 5.02 Å². The van der Waals surface area contributed by atoms with Crippen molar-refractivity contribution >= 4 is 44.1 Å². The van der Waals surface area contributed by atoms with Crippen molar-refractivity contribution < 1.29 is 8.42 Å². The van der Waals surface area contributed by atoms with E-state index in [-0.39, 0.29) is 23.6 Å².